The van der Waals surface area contributed by atoms with E-state index >= 15 is 0 Å². The quantitative estimate of drug-likeness (QED) is 0.885. The topological polar surface area (TPSA) is 56.1 Å². The third-order valence-corrected chi connectivity index (χ3v) is 3.63. The zero-order valence-electron chi connectivity index (χ0n) is 13.5. The summed E-state index contributed by atoms with van der Waals surface area (Å²) in [7, 11) is 0. The second-order valence-electron chi connectivity index (χ2n) is 5.31. The Balaban J connectivity index is 1.97. The van der Waals surface area contributed by atoms with Crippen LogP contribution in [0.15, 0.2) is 48.5 Å². The van der Waals surface area contributed by atoms with E-state index < -0.39 is 0 Å². The molecule has 4 heteroatoms. The summed E-state index contributed by atoms with van der Waals surface area (Å²) in [6.45, 7) is 5.12. The highest BCUT2D eigenvalue weighted by atomic mass is 16.2. The number of rotatable bonds is 6. The second-order valence-corrected chi connectivity index (χ2v) is 5.31. The minimum atomic E-state index is 0.0695. The Labute approximate surface area is 137 Å². The standard InChI is InChI=1S/C19H21N3O/c1-3-22(17-9-6-7-15(2)13-17)19(23)11-12-21-18-10-5-4-8-16(18)14-20/h4-10,13,21H,3,11-12H2,1-2H3. The molecule has 0 fully saturated rings. The summed E-state index contributed by atoms with van der Waals surface area (Å²) in [5.74, 6) is 0.0695. The number of carbonyl (C=O) groups is 1. The van der Waals surface area contributed by atoms with Gasteiger partial charge in [-0.15, -0.1) is 0 Å². The Bertz CT molecular complexity index is 719. The molecule has 0 aliphatic carbocycles. The molecule has 2 rings (SSSR count). The summed E-state index contributed by atoms with van der Waals surface area (Å²) in [5, 5.41) is 12.2. The first-order valence-electron chi connectivity index (χ1n) is 7.75. The van der Waals surface area contributed by atoms with Crippen molar-refractivity contribution in [3.8, 4) is 6.07 Å². The molecule has 0 heterocycles. The van der Waals surface area contributed by atoms with E-state index in [1.165, 1.54) is 0 Å². The van der Waals surface area contributed by atoms with E-state index in [1.54, 1.807) is 11.0 Å². The van der Waals surface area contributed by atoms with Gasteiger partial charge in [-0.25, -0.2) is 0 Å². The Morgan fingerprint density at radius 2 is 2.00 bits per heavy atom. The fourth-order valence-electron chi connectivity index (χ4n) is 2.47. The smallest absolute Gasteiger partial charge is 0.228 e. The summed E-state index contributed by atoms with van der Waals surface area (Å²) in [6, 6.07) is 17.4. The minimum Gasteiger partial charge on any atom is -0.383 e. The van der Waals surface area contributed by atoms with Gasteiger partial charge in [-0.2, -0.15) is 5.26 Å². The Morgan fingerprint density at radius 3 is 2.70 bits per heavy atom. The predicted octanol–water partition coefficient (Wildman–Crippen LogP) is 3.72. The average molecular weight is 307 g/mol. The number of para-hydroxylation sites is 1. The lowest BCUT2D eigenvalue weighted by atomic mass is 10.2. The second kappa shape index (κ2) is 8.00. The van der Waals surface area contributed by atoms with E-state index in [2.05, 4.69) is 11.4 Å². The molecule has 2 aromatic carbocycles. The molecular weight excluding hydrogens is 286 g/mol. The molecule has 1 N–H and O–H groups in total. The van der Waals surface area contributed by atoms with Crippen LogP contribution in [0.3, 0.4) is 0 Å². The molecule has 0 aromatic heterocycles. The molecule has 2 aromatic rings. The maximum atomic E-state index is 12.5. The van der Waals surface area contributed by atoms with Crippen LogP contribution < -0.4 is 10.2 Å². The largest absolute Gasteiger partial charge is 0.383 e. The number of carbonyl (C=O) groups excluding carboxylic acids is 1. The first-order valence-corrected chi connectivity index (χ1v) is 7.75. The maximum absolute atomic E-state index is 12.5. The third-order valence-electron chi connectivity index (χ3n) is 3.63. The highest BCUT2D eigenvalue weighted by Crippen LogP contribution is 2.17. The van der Waals surface area contributed by atoms with Crippen molar-refractivity contribution in [2.45, 2.75) is 20.3 Å². The Kier molecular flexibility index (Phi) is 5.76. The van der Waals surface area contributed by atoms with E-state index in [9.17, 15) is 4.79 Å². The molecule has 0 bridgehead atoms. The van der Waals surface area contributed by atoms with Crippen molar-refractivity contribution in [1.29, 1.82) is 5.26 Å². The van der Waals surface area contributed by atoms with E-state index in [0.717, 1.165) is 16.9 Å². The van der Waals surface area contributed by atoms with Crippen molar-refractivity contribution in [2.24, 2.45) is 0 Å². The van der Waals surface area contributed by atoms with Gasteiger partial charge in [0, 0.05) is 25.2 Å². The van der Waals surface area contributed by atoms with Gasteiger partial charge in [-0.1, -0.05) is 24.3 Å². The van der Waals surface area contributed by atoms with Gasteiger partial charge >= 0.3 is 0 Å². The van der Waals surface area contributed by atoms with Crippen molar-refractivity contribution in [3.05, 3.63) is 59.7 Å². The van der Waals surface area contributed by atoms with Gasteiger partial charge in [0.25, 0.3) is 0 Å². The molecule has 0 spiro atoms. The first-order chi connectivity index (χ1) is 11.2. The molecule has 118 valence electrons. The van der Waals surface area contributed by atoms with E-state index in [-0.39, 0.29) is 5.91 Å². The number of hydrogen-bond acceptors (Lipinski definition) is 3. The predicted molar refractivity (Wildman–Crippen MR) is 93.5 cm³/mol. The van der Waals surface area contributed by atoms with Crippen LogP contribution in [0, 0.1) is 18.3 Å². The summed E-state index contributed by atoms with van der Waals surface area (Å²) in [5.41, 5.74) is 3.41. The fourth-order valence-corrected chi connectivity index (χ4v) is 2.47. The van der Waals surface area contributed by atoms with Crippen LogP contribution in [-0.2, 0) is 4.79 Å². The number of nitriles is 1. The van der Waals surface area contributed by atoms with Crippen LogP contribution in [0.2, 0.25) is 0 Å². The van der Waals surface area contributed by atoms with Crippen molar-refractivity contribution < 1.29 is 4.79 Å². The van der Waals surface area contributed by atoms with Crippen LogP contribution in [-0.4, -0.2) is 19.0 Å². The minimum absolute atomic E-state index is 0.0695. The summed E-state index contributed by atoms with van der Waals surface area (Å²) in [4.78, 5) is 14.2. The van der Waals surface area contributed by atoms with Crippen LogP contribution in [0.4, 0.5) is 11.4 Å². The molecule has 0 aliphatic heterocycles. The van der Waals surface area contributed by atoms with Crippen molar-refractivity contribution in [1.82, 2.24) is 0 Å². The summed E-state index contributed by atoms with van der Waals surface area (Å²) in [6.07, 6.45) is 0.377. The van der Waals surface area contributed by atoms with Crippen molar-refractivity contribution >= 4 is 17.3 Å². The zero-order chi connectivity index (χ0) is 16.7. The molecule has 4 nitrogen and oxygen atoms in total. The van der Waals surface area contributed by atoms with Crippen molar-refractivity contribution in [3.63, 3.8) is 0 Å². The van der Waals surface area contributed by atoms with Gasteiger partial charge in [0.1, 0.15) is 6.07 Å². The van der Waals surface area contributed by atoms with Gasteiger partial charge < -0.3 is 10.2 Å². The molecule has 0 atom stereocenters. The maximum Gasteiger partial charge on any atom is 0.228 e. The average Bonchev–Trinajstić information content (AvgIpc) is 2.56. The molecule has 0 saturated heterocycles. The van der Waals surface area contributed by atoms with E-state index in [1.807, 2.05) is 56.3 Å². The molecule has 0 saturated carbocycles. The lowest BCUT2D eigenvalue weighted by molar-refractivity contribution is -0.118. The molecule has 0 unspecified atom stereocenters. The highest BCUT2D eigenvalue weighted by Gasteiger charge is 2.13. The van der Waals surface area contributed by atoms with Crippen LogP contribution in [0.25, 0.3) is 0 Å². The van der Waals surface area contributed by atoms with Crippen LogP contribution in [0.1, 0.15) is 24.5 Å². The van der Waals surface area contributed by atoms with E-state index in [0.29, 0.717) is 25.1 Å². The first kappa shape index (κ1) is 16.6. The van der Waals surface area contributed by atoms with Gasteiger partial charge in [-0.05, 0) is 43.7 Å². The Morgan fingerprint density at radius 1 is 1.22 bits per heavy atom. The van der Waals surface area contributed by atoms with Gasteiger partial charge in [0.05, 0.1) is 11.3 Å². The van der Waals surface area contributed by atoms with Crippen LogP contribution >= 0.6 is 0 Å². The summed E-state index contributed by atoms with van der Waals surface area (Å²) < 4.78 is 0. The Hall–Kier alpha value is -2.80. The molecular formula is C19H21N3O. The molecule has 1 amide bonds. The van der Waals surface area contributed by atoms with Gasteiger partial charge in [0.2, 0.25) is 5.91 Å². The molecule has 0 radical (unpaired) electrons. The SMILES string of the molecule is CCN(C(=O)CCNc1ccccc1C#N)c1cccc(C)c1. The van der Waals surface area contributed by atoms with Crippen LogP contribution in [0.5, 0.6) is 0 Å². The lowest BCUT2D eigenvalue weighted by Crippen LogP contribution is -2.31. The fraction of sp³-hybridized carbons (Fsp3) is 0.263. The number of anilines is 2. The van der Waals surface area contributed by atoms with Crippen molar-refractivity contribution in [2.75, 3.05) is 23.3 Å². The third kappa shape index (κ3) is 4.33. The van der Waals surface area contributed by atoms with Gasteiger partial charge in [-0.3, -0.25) is 4.79 Å². The number of aryl methyl sites for hydroxylation is 1. The highest BCUT2D eigenvalue weighted by molar-refractivity contribution is 5.93. The molecule has 23 heavy (non-hydrogen) atoms. The zero-order valence-corrected chi connectivity index (χ0v) is 13.5. The normalized spacial score (nSPS) is 9.96. The monoisotopic (exact) mass is 307 g/mol. The number of hydrogen-bond donors (Lipinski definition) is 1. The van der Waals surface area contributed by atoms with Gasteiger partial charge in [0.15, 0.2) is 0 Å². The number of nitrogens with zero attached hydrogens (tertiary/aromatic N) is 2. The lowest BCUT2D eigenvalue weighted by Gasteiger charge is -2.21. The van der Waals surface area contributed by atoms with E-state index in [4.69, 9.17) is 5.26 Å². The number of nitrogens with one attached hydrogen (secondary N) is 1. The number of amides is 1. The number of benzene rings is 2. The summed E-state index contributed by atoms with van der Waals surface area (Å²) >= 11 is 0. The molecule has 0 aliphatic rings.